The zero-order valence-corrected chi connectivity index (χ0v) is 10.4. The molecular weight excluding hydrogens is 248 g/mol. The van der Waals surface area contributed by atoms with Crippen LogP contribution in [-0.2, 0) is 6.61 Å². The molecule has 0 spiro atoms. The van der Waals surface area contributed by atoms with E-state index < -0.39 is 7.12 Å². The molecule has 0 atom stereocenters. The zero-order valence-electron chi connectivity index (χ0n) is 10.4. The van der Waals surface area contributed by atoms with Gasteiger partial charge in [0.2, 0.25) is 0 Å². The van der Waals surface area contributed by atoms with Crippen LogP contribution in [0, 0.1) is 12.7 Å². The Balaban J connectivity index is 2.10. The van der Waals surface area contributed by atoms with Gasteiger partial charge in [-0.1, -0.05) is 6.07 Å². The topological polar surface area (TPSA) is 62.6 Å². The Hall–Kier alpha value is -1.92. The Morgan fingerprint density at radius 3 is 2.79 bits per heavy atom. The highest BCUT2D eigenvalue weighted by molar-refractivity contribution is 6.58. The predicted octanol–water partition coefficient (Wildman–Crippen LogP) is 0.788. The van der Waals surface area contributed by atoms with Crippen molar-refractivity contribution in [3.63, 3.8) is 0 Å². The summed E-state index contributed by atoms with van der Waals surface area (Å²) in [6.07, 6.45) is 2.80. The molecule has 0 amide bonds. The van der Waals surface area contributed by atoms with Crippen molar-refractivity contribution in [2.24, 2.45) is 0 Å². The highest BCUT2D eigenvalue weighted by Crippen LogP contribution is 2.14. The minimum Gasteiger partial charge on any atom is -0.487 e. The molecule has 1 aromatic carbocycles. The number of aryl methyl sites for hydroxylation is 1. The summed E-state index contributed by atoms with van der Waals surface area (Å²) in [5.74, 6) is 0.0797. The normalized spacial score (nSPS) is 10.3. The fourth-order valence-corrected chi connectivity index (χ4v) is 1.61. The maximum Gasteiger partial charge on any atom is 0.490 e. The lowest BCUT2D eigenvalue weighted by molar-refractivity contribution is 0.303. The molecule has 2 rings (SSSR count). The third kappa shape index (κ3) is 3.53. The Labute approximate surface area is 110 Å². The number of hydrogen-bond donors (Lipinski definition) is 2. The van der Waals surface area contributed by atoms with E-state index in [1.165, 1.54) is 30.6 Å². The fraction of sp³-hybridized carbons (Fsp3) is 0.154. The average molecular weight is 261 g/mol. The van der Waals surface area contributed by atoms with Crippen LogP contribution in [0.2, 0.25) is 0 Å². The van der Waals surface area contributed by atoms with E-state index in [2.05, 4.69) is 4.98 Å². The molecule has 0 unspecified atom stereocenters. The molecule has 19 heavy (non-hydrogen) atoms. The smallest absolute Gasteiger partial charge is 0.487 e. The minimum atomic E-state index is -1.59. The van der Waals surface area contributed by atoms with Crippen molar-refractivity contribution in [3.8, 4) is 5.75 Å². The number of aromatic nitrogens is 1. The van der Waals surface area contributed by atoms with Gasteiger partial charge in [0.15, 0.2) is 0 Å². The Bertz CT molecular complexity index is 578. The van der Waals surface area contributed by atoms with Gasteiger partial charge in [-0.05, 0) is 36.2 Å². The number of pyridine rings is 1. The van der Waals surface area contributed by atoms with Crippen molar-refractivity contribution in [1.29, 1.82) is 0 Å². The first-order chi connectivity index (χ1) is 9.06. The van der Waals surface area contributed by atoms with Crippen molar-refractivity contribution in [1.82, 2.24) is 4.98 Å². The largest absolute Gasteiger partial charge is 0.490 e. The lowest BCUT2D eigenvalue weighted by Gasteiger charge is -2.09. The lowest BCUT2D eigenvalue weighted by Crippen LogP contribution is -2.30. The van der Waals surface area contributed by atoms with Crippen LogP contribution < -0.4 is 10.2 Å². The summed E-state index contributed by atoms with van der Waals surface area (Å²) < 4.78 is 18.6. The first-order valence-corrected chi connectivity index (χ1v) is 5.75. The van der Waals surface area contributed by atoms with E-state index in [1.54, 1.807) is 6.07 Å². The van der Waals surface area contributed by atoms with Crippen molar-refractivity contribution in [3.05, 3.63) is 53.6 Å². The Morgan fingerprint density at radius 2 is 2.05 bits per heavy atom. The van der Waals surface area contributed by atoms with Crippen molar-refractivity contribution < 1.29 is 19.2 Å². The molecule has 2 aromatic rings. The van der Waals surface area contributed by atoms with E-state index in [9.17, 15) is 4.39 Å². The lowest BCUT2D eigenvalue weighted by atomic mass is 9.82. The second-order valence-corrected chi connectivity index (χ2v) is 4.19. The summed E-state index contributed by atoms with van der Waals surface area (Å²) in [4.78, 5) is 3.84. The van der Waals surface area contributed by atoms with Gasteiger partial charge in [-0.15, -0.1) is 0 Å². The average Bonchev–Trinajstić information content (AvgIpc) is 2.40. The number of hydrogen-bond acceptors (Lipinski definition) is 4. The minimum absolute atomic E-state index is 0.191. The standard InChI is InChI=1S/C13H13BFNO3/c1-9-2-3-12(15)4-10(9)8-19-13-5-11(14(17)18)6-16-7-13/h2-7,17-18H,8H2,1H3. The molecular formula is C13H13BFNO3. The molecule has 1 aromatic heterocycles. The molecule has 0 bridgehead atoms. The first kappa shape index (κ1) is 13.5. The summed E-state index contributed by atoms with van der Waals surface area (Å²) in [6, 6.07) is 5.96. The van der Waals surface area contributed by atoms with Crippen molar-refractivity contribution in [2.75, 3.05) is 0 Å². The molecule has 0 aliphatic rings. The van der Waals surface area contributed by atoms with E-state index >= 15 is 0 Å². The summed E-state index contributed by atoms with van der Waals surface area (Å²) in [5, 5.41) is 18.0. The van der Waals surface area contributed by atoms with Crippen LogP contribution in [0.5, 0.6) is 5.75 Å². The van der Waals surface area contributed by atoms with Gasteiger partial charge in [0, 0.05) is 11.7 Å². The molecule has 2 N–H and O–H groups in total. The van der Waals surface area contributed by atoms with Gasteiger partial charge in [-0.3, -0.25) is 4.98 Å². The van der Waals surface area contributed by atoms with E-state index in [4.69, 9.17) is 14.8 Å². The highest BCUT2D eigenvalue weighted by atomic mass is 19.1. The SMILES string of the molecule is Cc1ccc(F)cc1COc1cncc(B(O)O)c1. The summed E-state index contributed by atoms with van der Waals surface area (Å²) in [5.41, 5.74) is 1.90. The second kappa shape index (κ2) is 5.82. The van der Waals surface area contributed by atoms with Crippen LogP contribution >= 0.6 is 0 Å². The number of nitrogens with zero attached hydrogens (tertiary/aromatic N) is 1. The van der Waals surface area contributed by atoms with Gasteiger partial charge >= 0.3 is 7.12 Å². The predicted molar refractivity (Wildman–Crippen MR) is 69.5 cm³/mol. The van der Waals surface area contributed by atoms with E-state index in [0.717, 1.165) is 11.1 Å². The zero-order chi connectivity index (χ0) is 13.8. The second-order valence-electron chi connectivity index (χ2n) is 4.19. The summed E-state index contributed by atoms with van der Waals surface area (Å²) in [6.45, 7) is 2.06. The molecule has 0 saturated heterocycles. The van der Waals surface area contributed by atoms with Gasteiger partial charge in [0.05, 0.1) is 6.20 Å². The molecule has 6 heteroatoms. The quantitative estimate of drug-likeness (QED) is 0.798. The molecule has 0 radical (unpaired) electrons. The van der Waals surface area contributed by atoms with Crippen LogP contribution in [0.15, 0.2) is 36.7 Å². The van der Waals surface area contributed by atoms with Crippen molar-refractivity contribution in [2.45, 2.75) is 13.5 Å². The van der Waals surface area contributed by atoms with Gasteiger partial charge in [-0.25, -0.2) is 4.39 Å². The van der Waals surface area contributed by atoms with Crippen LogP contribution in [0.4, 0.5) is 4.39 Å². The Kier molecular flexibility index (Phi) is 4.14. The Morgan fingerprint density at radius 1 is 1.26 bits per heavy atom. The fourth-order valence-electron chi connectivity index (χ4n) is 1.61. The number of halogens is 1. The van der Waals surface area contributed by atoms with Crippen LogP contribution in [0.1, 0.15) is 11.1 Å². The summed E-state index contributed by atoms with van der Waals surface area (Å²) in [7, 11) is -1.59. The molecule has 98 valence electrons. The van der Waals surface area contributed by atoms with Crippen molar-refractivity contribution >= 4 is 12.6 Å². The maximum atomic E-state index is 13.1. The third-order valence-corrected chi connectivity index (χ3v) is 2.74. The van der Waals surface area contributed by atoms with E-state index in [0.29, 0.717) is 5.75 Å². The van der Waals surface area contributed by atoms with E-state index in [1.807, 2.05) is 6.92 Å². The van der Waals surface area contributed by atoms with Crippen LogP contribution in [0.25, 0.3) is 0 Å². The molecule has 0 fully saturated rings. The monoisotopic (exact) mass is 261 g/mol. The molecule has 1 heterocycles. The molecule has 4 nitrogen and oxygen atoms in total. The van der Waals surface area contributed by atoms with Gasteiger partial charge in [0.1, 0.15) is 18.2 Å². The maximum absolute atomic E-state index is 13.1. The molecule has 0 aliphatic heterocycles. The van der Waals surface area contributed by atoms with E-state index in [-0.39, 0.29) is 17.9 Å². The van der Waals surface area contributed by atoms with Gasteiger partial charge in [0.25, 0.3) is 0 Å². The summed E-state index contributed by atoms with van der Waals surface area (Å²) >= 11 is 0. The van der Waals surface area contributed by atoms with Crippen LogP contribution in [0.3, 0.4) is 0 Å². The third-order valence-electron chi connectivity index (χ3n) is 2.74. The van der Waals surface area contributed by atoms with Gasteiger partial charge < -0.3 is 14.8 Å². The highest BCUT2D eigenvalue weighted by Gasteiger charge is 2.12. The first-order valence-electron chi connectivity index (χ1n) is 5.75. The van der Waals surface area contributed by atoms with Gasteiger partial charge in [-0.2, -0.15) is 0 Å². The molecule has 0 aliphatic carbocycles. The number of ether oxygens (including phenoxy) is 1. The number of benzene rings is 1. The molecule has 0 saturated carbocycles. The van der Waals surface area contributed by atoms with Crippen LogP contribution in [-0.4, -0.2) is 22.2 Å². The number of rotatable bonds is 4.